The fraction of sp³-hybridized carbons (Fsp3) is 0.846. The summed E-state index contributed by atoms with van der Waals surface area (Å²) in [5.74, 6) is -0.0959. The molecule has 1 saturated carbocycles. The van der Waals surface area contributed by atoms with Crippen LogP contribution in [0.15, 0.2) is 12.2 Å². The van der Waals surface area contributed by atoms with E-state index in [4.69, 9.17) is 11.6 Å². The van der Waals surface area contributed by atoms with Gasteiger partial charge in [-0.2, -0.15) is 0 Å². The minimum Gasteiger partial charge on any atom is -0.393 e. The Bertz CT molecular complexity index is 253. The molecule has 0 aromatic rings. The Labute approximate surface area is 108 Å². The number of rotatable bonds is 6. The van der Waals surface area contributed by atoms with Gasteiger partial charge in [0.15, 0.2) is 5.06 Å². The van der Waals surface area contributed by atoms with Crippen LogP contribution in [0.4, 0.5) is 0 Å². The molecule has 0 radical (unpaired) electrons. The Balaban J connectivity index is 2.40. The molecule has 0 aromatic heterocycles. The van der Waals surface area contributed by atoms with Crippen LogP contribution in [0.5, 0.6) is 0 Å². The molecule has 0 bridgehead atoms. The summed E-state index contributed by atoms with van der Waals surface area (Å²) < 4.78 is 0. The van der Waals surface area contributed by atoms with Crippen molar-refractivity contribution in [1.82, 2.24) is 0 Å². The van der Waals surface area contributed by atoms with Gasteiger partial charge in [0.1, 0.15) is 0 Å². The minimum absolute atomic E-state index is 0.0959. The average molecular weight is 263 g/mol. The highest BCUT2D eigenvalue weighted by atomic mass is 35.5. The van der Waals surface area contributed by atoms with Gasteiger partial charge in [-0.3, -0.25) is 0 Å². The van der Waals surface area contributed by atoms with E-state index in [1.54, 1.807) is 12.2 Å². The molecule has 0 aliphatic heterocycles. The maximum absolute atomic E-state index is 9.89. The number of aliphatic hydroxyl groups excluding tert-OH is 2. The zero-order chi connectivity index (χ0) is 12.9. The summed E-state index contributed by atoms with van der Waals surface area (Å²) in [6.07, 6.45) is 6.81. The van der Waals surface area contributed by atoms with Gasteiger partial charge in [-0.05, 0) is 31.8 Å². The molecule has 4 heteroatoms. The molecule has 1 aliphatic rings. The third kappa shape index (κ3) is 5.38. The molecule has 1 fully saturated rings. The van der Waals surface area contributed by atoms with Gasteiger partial charge in [-0.25, -0.2) is 0 Å². The molecule has 0 saturated heterocycles. The Morgan fingerprint density at radius 1 is 1.29 bits per heavy atom. The topological polar surface area (TPSA) is 60.7 Å². The van der Waals surface area contributed by atoms with Gasteiger partial charge in [-0.1, -0.05) is 37.4 Å². The molecule has 1 rings (SSSR count). The lowest BCUT2D eigenvalue weighted by atomic mass is 10.0. The molecule has 3 N–H and O–H groups in total. The van der Waals surface area contributed by atoms with E-state index in [0.717, 1.165) is 19.3 Å². The van der Waals surface area contributed by atoms with Crippen LogP contribution in [0.3, 0.4) is 0 Å². The second-order valence-corrected chi connectivity index (χ2v) is 5.65. The SMILES string of the molecule is CCCCC[C@](O)(Cl)C=C[C@@H]1C[C@@H](O)C[C@H]1O. The maximum atomic E-state index is 9.89. The number of aliphatic hydroxyl groups is 3. The van der Waals surface area contributed by atoms with Crippen molar-refractivity contribution in [1.29, 1.82) is 0 Å². The lowest BCUT2D eigenvalue weighted by Gasteiger charge is -2.17. The molecule has 100 valence electrons. The Morgan fingerprint density at radius 3 is 2.53 bits per heavy atom. The van der Waals surface area contributed by atoms with Crippen LogP contribution in [0.25, 0.3) is 0 Å². The van der Waals surface area contributed by atoms with E-state index in [-0.39, 0.29) is 5.92 Å². The highest BCUT2D eigenvalue weighted by molar-refractivity contribution is 6.23. The number of hydrogen-bond donors (Lipinski definition) is 3. The van der Waals surface area contributed by atoms with Crippen LogP contribution < -0.4 is 0 Å². The van der Waals surface area contributed by atoms with E-state index in [0.29, 0.717) is 19.3 Å². The molecular formula is C13H23ClO3. The first-order valence-corrected chi connectivity index (χ1v) is 6.79. The third-order valence-electron chi connectivity index (χ3n) is 3.28. The van der Waals surface area contributed by atoms with E-state index in [9.17, 15) is 15.3 Å². The van der Waals surface area contributed by atoms with Crippen molar-refractivity contribution in [3.63, 3.8) is 0 Å². The van der Waals surface area contributed by atoms with Crippen molar-refractivity contribution >= 4 is 11.6 Å². The lowest BCUT2D eigenvalue weighted by Crippen LogP contribution is -2.18. The van der Waals surface area contributed by atoms with Crippen LogP contribution in [-0.2, 0) is 0 Å². The molecule has 0 unspecified atom stereocenters. The van der Waals surface area contributed by atoms with Crippen LogP contribution in [0.1, 0.15) is 45.4 Å². The summed E-state index contributed by atoms with van der Waals surface area (Å²) in [5.41, 5.74) is 0. The van der Waals surface area contributed by atoms with Gasteiger partial charge >= 0.3 is 0 Å². The van der Waals surface area contributed by atoms with E-state index < -0.39 is 17.3 Å². The van der Waals surface area contributed by atoms with Gasteiger partial charge in [0, 0.05) is 5.92 Å². The molecule has 3 nitrogen and oxygen atoms in total. The maximum Gasteiger partial charge on any atom is 0.157 e. The van der Waals surface area contributed by atoms with Gasteiger partial charge < -0.3 is 15.3 Å². The van der Waals surface area contributed by atoms with Gasteiger partial charge in [0.05, 0.1) is 12.2 Å². The predicted octanol–water partition coefficient (Wildman–Crippen LogP) is 2.18. The summed E-state index contributed by atoms with van der Waals surface area (Å²) in [7, 11) is 0. The molecule has 1 aliphatic carbocycles. The largest absolute Gasteiger partial charge is 0.393 e. The number of unbranched alkanes of at least 4 members (excludes halogenated alkanes) is 2. The van der Waals surface area contributed by atoms with Gasteiger partial charge in [-0.15, -0.1) is 0 Å². The number of halogens is 1. The normalized spacial score (nSPS) is 33.1. The first kappa shape index (κ1) is 15.0. The molecule has 0 heterocycles. The van der Waals surface area contributed by atoms with Crippen LogP contribution >= 0.6 is 11.6 Å². The summed E-state index contributed by atoms with van der Waals surface area (Å²) in [6, 6.07) is 0. The molecule has 17 heavy (non-hydrogen) atoms. The first-order valence-electron chi connectivity index (χ1n) is 6.41. The predicted molar refractivity (Wildman–Crippen MR) is 68.8 cm³/mol. The van der Waals surface area contributed by atoms with E-state index in [1.807, 2.05) is 0 Å². The van der Waals surface area contributed by atoms with Crippen molar-refractivity contribution in [2.24, 2.45) is 5.92 Å². The zero-order valence-corrected chi connectivity index (χ0v) is 11.1. The first-order chi connectivity index (χ1) is 7.94. The fourth-order valence-electron chi connectivity index (χ4n) is 2.21. The number of alkyl halides is 1. The highest BCUT2D eigenvalue weighted by Gasteiger charge is 2.30. The summed E-state index contributed by atoms with van der Waals surface area (Å²) in [5, 5.41) is 27.6. The second kappa shape index (κ2) is 6.74. The van der Waals surface area contributed by atoms with E-state index in [2.05, 4.69) is 6.92 Å². The molecule has 4 atom stereocenters. The van der Waals surface area contributed by atoms with Gasteiger partial charge in [0.2, 0.25) is 0 Å². The lowest BCUT2D eigenvalue weighted by molar-refractivity contribution is 0.128. The van der Waals surface area contributed by atoms with Crippen LogP contribution in [0, 0.1) is 5.92 Å². The Kier molecular flexibility index (Phi) is 5.93. The summed E-state index contributed by atoms with van der Waals surface area (Å²) >= 11 is 5.96. The van der Waals surface area contributed by atoms with E-state index in [1.165, 1.54) is 0 Å². The molecule has 0 aromatic carbocycles. The third-order valence-corrected chi connectivity index (χ3v) is 3.60. The summed E-state index contributed by atoms with van der Waals surface area (Å²) in [4.78, 5) is 0. The van der Waals surface area contributed by atoms with Gasteiger partial charge in [0.25, 0.3) is 0 Å². The fourth-order valence-corrected chi connectivity index (χ4v) is 2.41. The standard InChI is InChI=1S/C13H23ClO3/c1-2-3-4-6-13(14,17)7-5-10-8-11(15)9-12(10)16/h5,7,10-12,15-17H,2-4,6,8-9H2,1H3/t10-,11-,12-,13-/m1/s1. The van der Waals surface area contributed by atoms with Crippen molar-refractivity contribution < 1.29 is 15.3 Å². The monoisotopic (exact) mass is 262 g/mol. The highest BCUT2D eigenvalue weighted by Crippen LogP contribution is 2.29. The van der Waals surface area contributed by atoms with Crippen molar-refractivity contribution in [2.75, 3.05) is 0 Å². The zero-order valence-electron chi connectivity index (χ0n) is 10.3. The average Bonchev–Trinajstić information content (AvgIpc) is 2.55. The van der Waals surface area contributed by atoms with Crippen LogP contribution in [0.2, 0.25) is 0 Å². The molecular weight excluding hydrogens is 240 g/mol. The van der Waals surface area contributed by atoms with Crippen molar-refractivity contribution in [3.8, 4) is 0 Å². The second-order valence-electron chi connectivity index (χ2n) is 4.99. The van der Waals surface area contributed by atoms with E-state index >= 15 is 0 Å². The molecule has 0 spiro atoms. The van der Waals surface area contributed by atoms with Crippen molar-refractivity contribution in [2.45, 2.75) is 62.7 Å². The molecule has 0 amide bonds. The number of hydrogen-bond acceptors (Lipinski definition) is 3. The summed E-state index contributed by atoms with van der Waals surface area (Å²) in [6.45, 7) is 2.10. The Morgan fingerprint density at radius 2 is 2.00 bits per heavy atom. The van der Waals surface area contributed by atoms with Crippen LogP contribution in [-0.4, -0.2) is 32.6 Å². The van der Waals surface area contributed by atoms with Crippen molar-refractivity contribution in [3.05, 3.63) is 12.2 Å². The quantitative estimate of drug-likeness (QED) is 0.391. The Hall–Kier alpha value is -0.0900. The smallest absolute Gasteiger partial charge is 0.157 e. The minimum atomic E-state index is -1.32.